The van der Waals surface area contributed by atoms with Crippen LogP contribution in [-0.4, -0.2) is 20.0 Å². The first-order valence-corrected chi connectivity index (χ1v) is 5.79. The molecule has 0 bridgehead atoms. The lowest BCUT2D eigenvalue weighted by atomic mass is 10.1. The Morgan fingerprint density at radius 2 is 1.06 bits per heavy atom. The van der Waals surface area contributed by atoms with Gasteiger partial charge in [-0.2, -0.15) is 4.39 Å². The summed E-state index contributed by atoms with van der Waals surface area (Å²) in [6.07, 6.45) is 0. The lowest BCUT2D eigenvalue weighted by Gasteiger charge is -2.38. The van der Waals surface area contributed by atoms with Crippen molar-refractivity contribution in [1.29, 1.82) is 0 Å². The van der Waals surface area contributed by atoms with Gasteiger partial charge in [-0.25, -0.2) is 22.0 Å². The molecule has 12 heteroatoms. The highest BCUT2D eigenvalue weighted by molar-refractivity contribution is 6.54. The van der Waals surface area contributed by atoms with Gasteiger partial charge in [0, 0.05) is 0 Å². The van der Waals surface area contributed by atoms with Crippen molar-refractivity contribution in [2.45, 2.75) is 20.0 Å². The summed E-state index contributed by atoms with van der Waals surface area (Å²) in [6, 6.07) is 0. The van der Waals surface area contributed by atoms with Crippen LogP contribution < -0.4 is 0 Å². The second kappa shape index (κ2) is 5.45. The van der Waals surface area contributed by atoms with Crippen molar-refractivity contribution in [3.63, 3.8) is 0 Å². The molecule has 0 nitrogen and oxygen atoms in total. The molecular weight excluding hydrogens is 399 g/mol. The minimum absolute atomic E-state index is 2.50. The number of alkyl halides is 9. The molecule has 3 unspecified atom stereocenters. The van der Waals surface area contributed by atoms with Crippen molar-refractivity contribution in [2.75, 3.05) is 0 Å². The number of hydrogen-bond acceptors (Lipinski definition) is 0. The lowest BCUT2D eigenvalue weighted by molar-refractivity contribution is -0.0276. The van der Waals surface area contributed by atoms with E-state index < -0.39 is 31.1 Å². The van der Waals surface area contributed by atoms with Gasteiger partial charge in [-0.05, 0) is 11.6 Å². The zero-order chi connectivity index (χ0) is 15.2. The number of rotatable bonds is 4. The van der Waals surface area contributed by atoms with Gasteiger partial charge in [-0.1, -0.05) is 58.0 Å². The van der Waals surface area contributed by atoms with E-state index in [2.05, 4.69) is 69.6 Å². The summed E-state index contributed by atoms with van der Waals surface area (Å²) in [5.41, 5.74) is 0. The molecule has 0 fully saturated rings. The number of hydrogen-bond donors (Lipinski definition) is 0. The van der Waals surface area contributed by atoms with E-state index in [1.165, 1.54) is 0 Å². The molecule has 18 heavy (non-hydrogen) atoms. The fraction of sp³-hybridized carbons (Fsp3) is 0.667. The van der Waals surface area contributed by atoms with Crippen molar-refractivity contribution >= 4 is 69.6 Å². The highest BCUT2D eigenvalue weighted by Gasteiger charge is 2.76. The molecule has 0 saturated carbocycles. The Bertz CT molecular complexity index is 354. The van der Waals surface area contributed by atoms with Gasteiger partial charge in [-0.3, -0.25) is 0 Å². The zero-order valence-electron chi connectivity index (χ0n) is 7.54. The normalized spacial score (nSPS) is 24.7. The molecule has 0 aromatic carbocycles. The molecule has 108 valence electrons. The molecule has 0 amide bonds. The Morgan fingerprint density at radius 1 is 0.722 bits per heavy atom. The Kier molecular flexibility index (Phi) is 5.77. The third-order valence-electron chi connectivity index (χ3n) is 1.59. The first kappa shape index (κ1) is 19.1. The summed E-state index contributed by atoms with van der Waals surface area (Å²) < 4.78 is 74.0. The van der Waals surface area contributed by atoms with Gasteiger partial charge in [0.15, 0.2) is 0 Å². The van der Waals surface area contributed by atoms with Crippen molar-refractivity contribution in [1.82, 2.24) is 0 Å². The highest BCUT2D eigenvalue weighted by Crippen LogP contribution is 2.60. The smallest absolute Gasteiger partial charge is 0.215 e. The van der Waals surface area contributed by atoms with Crippen molar-refractivity contribution in [3.05, 3.63) is 11.1 Å². The molecule has 0 aliphatic heterocycles. The van der Waals surface area contributed by atoms with Crippen LogP contribution in [0.25, 0.3) is 0 Å². The predicted octanol–water partition coefficient (Wildman–Crippen LogP) is 6.15. The van der Waals surface area contributed by atoms with Crippen LogP contribution in [0.4, 0.5) is 26.3 Å². The second-order valence-electron chi connectivity index (χ2n) is 2.80. The summed E-state index contributed by atoms with van der Waals surface area (Å²) in [4.78, 5) is 0. The summed E-state index contributed by atoms with van der Waals surface area (Å²) in [6.45, 7) is 0. The summed E-state index contributed by atoms with van der Waals surface area (Å²) in [5.74, 6) is -2.89. The van der Waals surface area contributed by atoms with Crippen molar-refractivity contribution in [3.8, 4) is 0 Å². The number of allylic oxidation sites excluding steroid dienone is 1. The third-order valence-corrected chi connectivity index (χ3v) is 4.13. The van der Waals surface area contributed by atoms with E-state index in [4.69, 9.17) is 0 Å². The molecule has 0 heterocycles. The van der Waals surface area contributed by atoms with E-state index in [0.29, 0.717) is 0 Å². The third kappa shape index (κ3) is 3.04. The van der Waals surface area contributed by atoms with Gasteiger partial charge < -0.3 is 0 Å². The van der Waals surface area contributed by atoms with Crippen LogP contribution in [0.15, 0.2) is 11.1 Å². The second-order valence-corrected chi connectivity index (χ2v) is 5.92. The topological polar surface area (TPSA) is 0 Å². The SMILES string of the molecule is FC(Cl)=C(F)C(F)(Cl)C(F)(Cl)C(F)(Cl)C(F)(Cl)Cl. The van der Waals surface area contributed by atoms with E-state index in [1.54, 1.807) is 0 Å². The zero-order valence-corrected chi connectivity index (χ0v) is 12.1. The van der Waals surface area contributed by atoms with Crippen molar-refractivity contribution in [2.24, 2.45) is 0 Å². The Labute approximate surface area is 127 Å². The van der Waals surface area contributed by atoms with Gasteiger partial charge in [0.2, 0.25) is 11.1 Å². The predicted molar refractivity (Wildman–Crippen MR) is 59.7 cm³/mol. The van der Waals surface area contributed by atoms with Crippen LogP contribution in [0.1, 0.15) is 0 Å². The average molecular weight is 399 g/mol. The van der Waals surface area contributed by atoms with Crippen LogP contribution in [0.3, 0.4) is 0 Å². The van der Waals surface area contributed by atoms with Gasteiger partial charge in [-0.15, -0.1) is 0 Å². The standard InChI is InChI=1S/C6Cl6F6/c7-2(14)1(13)3(8,15)4(9,16)5(10,17)6(11,12)18. The van der Waals surface area contributed by atoms with Crippen LogP contribution in [0.5, 0.6) is 0 Å². The van der Waals surface area contributed by atoms with Crippen LogP contribution in [-0.2, 0) is 0 Å². The minimum Gasteiger partial charge on any atom is -0.215 e. The maximum absolute atomic E-state index is 13.6. The molecule has 3 atom stereocenters. The Balaban J connectivity index is 5.88. The molecule has 0 aliphatic carbocycles. The summed E-state index contributed by atoms with van der Waals surface area (Å²) in [7, 11) is 0. The molecule has 0 saturated heterocycles. The summed E-state index contributed by atoms with van der Waals surface area (Å²) in [5, 5.41) is -17.1. The van der Waals surface area contributed by atoms with Gasteiger partial charge in [0.05, 0.1) is 0 Å². The maximum Gasteiger partial charge on any atom is 0.310 e. The fourth-order valence-electron chi connectivity index (χ4n) is 0.632. The van der Waals surface area contributed by atoms with Crippen LogP contribution in [0.2, 0.25) is 0 Å². The molecule has 0 aromatic heterocycles. The van der Waals surface area contributed by atoms with Gasteiger partial charge >= 0.3 is 4.59 Å². The Morgan fingerprint density at radius 3 is 1.28 bits per heavy atom. The van der Waals surface area contributed by atoms with E-state index >= 15 is 0 Å². The molecule has 0 rings (SSSR count). The molecule has 0 aliphatic rings. The molecule has 0 N–H and O–H groups in total. The maximum atomic E-state index is 13.6. The number of halogens is 12. The first-order valence-electron chi connectivity index (χ1n) is 3.52. The minimum atomic E-state index is -4.95. The van der Waals surface area contributed by atoms with Crippen molar-refractivity contribution < 1.29 is 26.3 Å². The van der Waals surface area contributed by atoms with E-state index in [-0.39, 0.29) is 0 Å². The largest absolute Gasteiger partial charge is 0.310 e. The molecule has 0 spiro atoms. The fourth-order valence-corrected chi connectivity index (χ4v) is 1.77. The Hall–Kier alpha value is 1.06. The van der Waals surface area contributed by atoms with E-state index in [1.807, 2.05) is 0 Å². The van der Waals surface area contributed by atoms with Crippen LogP contribution >= 0.6 is 69.6 Å². The molecule has 0 aromatic rings. The quantitative estimate of drug-likeness (QED) is 0.393. The van der Waals surface area contributed by atoms with Crippen LogP contribution in [0, 0.1) is 0 Å². The van der Waals surface area contributed by atoms with E-state index in [0.717, 1.165) is 0 Å². The van der Waals surface area contributed by atoms with Gasteiger partial charge in [0.25, 0.3) is 15.4 Å². The van der Waals surface area contributed by atoms with Gasteiger partial charge in [0.1, 0.15) is 0 Å². The molecular formula is C6Cl6F6. The summed E-state index contributed by atoms with van der Waals surface area (Å²) >= 11 is 26.9. The average Bonchev–Trinajstić information content (AvgIpc) is 2.13. The lowest BCUT2D eigenvalue weighted by Crippen LogP contribution is -2.58. The first-order chi connectivity index (χ1) is 7.60. The molecule has 0 radical (unpaired) electrons. The monoisotopic (exact) mass is 396 g/mol. The van der Waals surface area contributed by atoms with E-state index in [9.17, 15) is 26.3 Å². The highest BCUT2D eigenvalue weighted by atomic mass is 35.5.